The fraction of sp³-hybridized carbons (Fsp3) is 0.333. The van der Waals surface area contributed by atoms with Crippen molar-refractivity contribution < 1.29 is 24.0 Å². The molecule has 0 spiro atoms. The van der Waals surface area contributed by atoms with E-state index in [1.54, 1.807) is 43.4 Å². The number of carbonyl (C=O) groups excluding carboxylic acids is 5. The van der Waals surface area contributed by atoms with E-state index in [0.29, 0.717) is 19.4 Å². The normalized spacial score (nSPS) is 16.4. The fourth-order valence-electron chi connectivity index (χ4n) is 4.50. The lowest BCUT2D eigenvalue weighted by molar-refractivity contribution is -0.141. The lowest BCUT2D eigenvalue weighted by Gasteiger charge is -2.27. The number of hydrogen-bond donors (Lipinski definition) is 6. The van der Waals surface area contributed by atoms with Crippen LogP contribution in [0.3, 0.4) is 0 Å². The first-order valence-electron chi connectivity index (χ1n) is 13.5. The number of hydrogen-bond acceptors (Lipinski definition) is 7. The number of ketones is 1. The van der Waals surface area contributed by atoms with Crippen LogP contribution in [0.15, 0.2) is 72.4 Å². The lowest BCUT2D eigenvalue weighted by Crippen LogP contribution is -2.55. The Labute approximate surface area is 239 Å². The summed E-state index contributed by atoms with van der Waals surface area (Å²) in [5.74, 6) is -3.93. The second kappa shape index (κ2) is 15.7. The molecule has 0 bridgehead atoms. The molecule has 1 aliphatic rings. The zero-order valence-corrected chi connectivity index (χ0v) is 22.9. The molecular weight excluding hydrogens is 524 g/mol. The Morgan fingerprint density at radius 3 is 2.22 bits per heavy atom. The van der Waals surface area contributed by atoms with Gasteiger partial charge in [0.1, 0.15) is 6.04 Å². The molecule has 2 aromatic carbocycles. The summed E-state index contributed by atoms with van der Waals surface area (Å²) in [7, 11) is 1.57. The third kappa shape index (κ3) is 9.41. The molecule has 0 aliphatic carbocycles. The van der Waals surface area contributed by atoms with Gasteiger partial charge < -0.3 is 32.0 Å². The van der Waals surface area contributed by atoms with E-state index in [4.69, 9.17) is 5.41 Å². The molecule has 2 aromatic rings. The Bertz CT molecular complexity index is 1260. The Balaban J connectivity index is 1.82. The summed E-state index contributed by atoms with van der Waals surface area (Å²) in [6.07, 6.45) is 3.43. The maximum Gasteiger partial charge on any atom is 0.289 e. The third-order valence-electron chi connectivity index (χ3n) is 6.69. The molecule has 0 saturated carbocycles. The molecule has 0 radical (unpaired) electrons. The van der Waals surface area contributed by atoms with Gasteiger partial charge in [-0.3, -0.25) is 24.0 Å². The fourth-order valence-corrected chi connectivity index (χ4v) is 4.50. The monoisotopic (exact) mass is 560 g/mol. The van der Waals surface area contributed by atoms with Gasteiger partial charge in [-0.05, 0) is 30.4 Å². The SMILES string of the molecule is CN/C=C(\C=N)C(=O)N[C@@H](Cc1ccccc1)C(=O)N[C@@H](C[C@@H]1CCCNC1=O)C(=O)C(=O)NCc1ccccc1. The molecule has 1 heterocycles. The largest absolute Gasteiger partial charge is 0.393 e. The first-order valence-corrected chi connectivity index (χ1v) is 13.5. The van der Waals surface area contributed by atoms with E-state index < -0.39 is 41.5 Å². The van der Waals surface area contributed by atoms with Crippen molar-refractivity contribution in [2.45, 2.75) is 44.3 Å². The number of piperidine rings is 1. The average Bonchev–Trinajstić information content (AvgIpc) is 2.99. The molecule has 216 valence electrons. The highest BCUT2D eigenvalue weighted by atomic mass is 16.2. The second-order valence-corrected chi connectivity index (χ2v) is 9.71. The van der Waals surface area contributed by atoms with Gasteiger partial charge in [-0.15, -0.1) is 0 Å². The number of carbonyl (C=O) groups is 5. The predicted octanol–water partition coefficient (Wildman–Crippen LogP) is 0.753. The number of amides is 4. The van der Waals surface area contributed by atoms with Gasteiger partial charge in [0.25, 0.3) is 11.8 Å². The van der Waals surface area contributed by atoms with Crippen LogP contribution < -0.4 is 26.6 Å². The zero-order valence-electron chi connectivity index (χ0n) is 22.9. The molecule has 1 saturated heterocycles. The van der Waals surface area contributed by atoms with Crippen molar-refractivity contribution in [3.05, 3.63) is 83.6 Å². The highest BCUT2D eigenvalue weighted by Crippen LogP contribution is 2.18. The summed E-state index contributed by atoms with van der Waals surface area (Å²) in [5.41, 5.74) is 1.53. The third-order valence-corrected chi connectivity index (χ3v) is 6.69. The number of Topliss-reactive ketones (excluding diaryl/α,β-unsaturated/α-hetero) is 1. The molecule has 1 fully saturated rings. The van der Waals surface area contributed by atoms with E-state index in [9.17, 15) is 24.0 Å². The molecule has 11 heteroatoms. The van der Waals surface area contributed by atoms with Crippen molar-refractivity contribution in [3.63, 3.8) is 0 Å². The van der Waals surface area contributed by atoms with Crippen LogP contribution in [0.25, 0.3) is 0 Å². The first kappa shape index (κ1) is 30.7. The summed E-state index contributed by atoms with van der Waals surface area (Å²) in [4.78, 5) is 65.1. The summed E-state index contributed by atoms with van der Waals surface area (Å²) in [5, 5.41) is 20.8. The van der Waals surface area contributed by atoms with Crippen molar-refractivity contribution in [2.24, 2.45) is 5.92 Å². The molecule has 4 amide bonds. The van der Waals surface area contributed by atoms with Crippen LogP contribution in [0, 0.1) is 11.3 Å². The van der Waals surface area contributed by atoms with Gasteiger partial charge in [0.05, 0.1) is 11.6 Å². The van der Waals surface area contributed by atoms with Crippen LogP contribution in [-0.2, 0) is 36.9 Å². The number of nitrogens with one attached hydrogen (secondary N) is 6. The van der Waals surface area contributed by atoms with Crippen molar-refractivity contribution in [1.82, 2.24) is 26.6 Å². The van der Waals surface area contributed by atoms with Crippen molar-refractivity contribution >= 4 is 35.6 Å². The van der Waals surface area contributed by atoms with Crippen LogP contribution in [0.2, 0.25) is 0 Å². The molecule has 0 aromatic heterocycles. The topological polar surface area (TPSA) is 169 Å². The Morgan fingerprint density at radius 2 is 1.61 bits per heavy atom. The minimum absolute atomic E-state index is 0.00912. The molecule has 3 rings (SSSR count). The minimum Gasteiger partial charge on any atom is -0.393 e. The molecular formula is C30H36N6O5. The molecule has 6 N–H and O–H groups in total. The first-order chi connectivity index (χ1) is 19.8. The lowest BCUT2D eigenvalue weighted by atomic mass is 9.89. The summed E-state index contributed by atoms with van der Waals surface area (Å²) < 4.78 is 0. The summed E-state index contributed by atoms with van der Waals surface area (Å²) in [6, 6.07) is 15.6. The van der Waals surface area contributed by atoms with E-state index in [0.717, 1.165) is 17.3 Å². The molecule has 3 atom stereocenters. The number of benzene rings is 2. The van der Waals surface area contributed by atoms with Crippen molar-refractivity contribution in [1.29, 1.82) is 5.41 Å². The standard InChI is InChI=1S/C30H36N6O5/c1-32-19-23(17-31)28(39)36-25(15-20-9-4-2-5-10-20)29(40)35-24(16-22-13-8-14-33-27(22)38)26(37)30(41)34-18-21-11-6-3-7-12-21/h2-7,9-12,17,19,22,24-25,31-32H,8,13-16,18H2,1H3,(H,33,38)(H,34,41)(H,35,40)(H,36,39)/b23-19+,31-17?/t22-,24-,25-/m0/s1. The molecule has 1 aliphatic heterocycles. The van der Waals surface area contributed by atoms with E-state index >= 15 is 0 Å². The van der Waals surface area contributed by atoms with Crippen LogP contribution >= 0.6 is 0 Å². The van der Waals surface area contributed by atoms with Crippen molar-refractivity contribution in [2.75, 3.05) is 13.6 Å². The Morgan fingerprint density at radius 1 is 0.951 bits per heavy atom. The summed E-state index contributed by atoms with van der Waals surface area (Å²) in [6.45, 7) is 0.644. The minimum atomic E-state index is -1.29. The van der Waals surface area contributed by atoms with E-state index in [1.807, 2.05) is 24.3 Å². The van der Waals surface area contributed by atoms with Gasteiger partial charge in [-0.1, -0.05) is 60.7 Å². The Hall–Kier alpha value is -4.80. The van der Waals surface area contributed by atoms with Crippen LogP contribution in [0.1, 0.15) is 30.4 Å². The van der Waals surface area contributed by atoms with Gasteiger partial charge in [-0.2, -0.15) is 0 Å². The molecule has 41 heavy (non-hydrogen) atoms. The Kier molecular flexibility index (Phi) is 11.8. The van der Waals surface area contributed by atoms with Crippen LogP contribution in [-0.4, -0.2) is 61.3 Å². The highest BCUT2D eigenvalue weighted by Gasteiger charge is 2.35. The van der Waals surface area contributed by atoms with Crippen molar-refractivity contribution in [3.8, 4) is 0 Å². The zero-order chi connectivity index (χ0) is 29.6. The predicted molar refractivity (Wildman–Crippen MR) is 154 cm³/mol. The molecule has 11 nitrogen and oxygen atoms in total. The average molecular weight is 561 g/mol. The highest BCUT2D eigenvalue weighted by molar-refractivity contribution is 6.38. The smallest absolute Gasteiger partial charge is 0.289 e. The van der Waals surface area contributed by atoms with E-state index in [1.165, 1.54) is 6.20 Å². The van der Waals surface area contributed by atoms with Gasteiger partial charge in [-0.25, -0.2) is 0 Å². The van der Waals surface area contributed by atoms with E-state index in [2.05, 4.69) is 26.6 Å². The van der Waals surface area contributed by atoms with E-state index in [-0.39, 0.29) is 30.9 Å². The van der Waals surface area contributed by atoms with Gasteiger partial charge in [0.2, 0.25) is 17.6 Å². The van der Waals surface area contributed by atoms with Crippen LogP contribution in [0.5, 0.6) is 0 Å². The quantitative estimate of drug-likeness (QED) is 0.113. The van der Waals surface area contributed by atoms with Gasteiger partial charge in [0.15, 0.2) is 0 Å². The van der Waals surface area contributed by atoms with Gasteiger partial charge in [0, 0.05) is 44.9 Å². The summed E-state index contributed by atoms with van der Waals surface area (Å²) >= 11 is 0. The second-order valence-electron chi connectivity index (χ2n) is 9.71. The number of rotatable bonds is 14. The van der Waals surface area contributed by atoms with Gasteiger partial charge >= 0.3 is 0 Å². The maximum absolute atomic E-state index is 13.6. The van der Waals surface area contributed by atoms with Crippen LogP contribution in [0.4, 0.5) is 0 Å². The molecule has 0 unspecified atom stereocenters. The maximum atomic E-state index is 13.6.